The van der Waals surface area contributed by atoms with Crippen LogP contribution in [0, 0.1) is 0 Å². The summed E-state index contributed by atoms with van der Waals surface area (Å²) in [5.74, 6) is 0.357. The molecule has 0 bridgehead atoms. The Morgan fingerprint density at radius 2 is 1.80 bits per heavy atom. The summed E-state index contributed by atoms with van der Waals surface area (Å²) in [6, 6.07) is 14.0. The normalized spacial score (nSPS) is 11.4. The van der Waals surface area contributed by atoms with E-state index in [4.69, 9.17) is 0 Å². The second-order valence-electron chi connectivity index (χ2n) is 6.55. The minimum Gasteiger partial charge on any atom is -0.298 e. The number of benzene rings is 2. The van der Waals surface area contributed by atoms with Crippen molar-refractivity contribution in [3.8, 4) is 0 Å². The topological polar surface area (TPSA) is 42.0 Å². The molecule has 5 heteroatoms. The molecule has 0 radical (unpaired) electrons. The Bertz CT molecular complexity index is 882. The van der Waals surface area contributed by atoms with Gasteiger partial charge in [0.2, 0.25) is 0 Å². The highest BCUT2D eigenvalue weighted by Gasteiger charge is 2.11. The van der Waals surface area contributed by atoms with Gasteiger partial charge in [0, 0.05) is 15.7 Å². The van der Waals surface area contributed by atoms with Crippen molar-refractivity contribution in [2.45, 2.75) is 43.8 Å². The van der Waals surface area contributed by atoms with E-state index in [1.807, 2.05) is 30.3 Å². The zero-order valence-corrected chi connectivity index (χ0v) is 16.5. The molecular weight excluding hydrogens is 348 g/mol. The van der Waals surface area contributed by atoms with Crippen molar-refractivity contribution in [2.75, 3.05) is 5.32 Å². The van der Waals surface area contributed by atoms with Crippen molar-refractivity contribution in [1.82, 2.24) is 4.98 Å². The van der Waals surface area contributed by atoms with E-state index < -0.39 is 0 Å². The number of carbonyl (C=O) groups is 1. The van der Waals surface area contributed by atoms with Crippen molar-refractivity contribution in [2.24, 2.45) is 0 Å². The van der Waals surface area contributed by atoms with Crippen LogP contribution >= 0.6 is 23.1 Å². The molecule has 0 fully saturated rings. The first-order valence-corrected chi connectivity index (χ1v) is 10.1. The first kappa shape index (κ1) is 18.0. The Morgan fingerprint density at radius 3 is 2.44 bits per heavy atom. The summed E-state index contributed by atoms with van der Waals surface area (Å²) < 4.78 is 1.10. The summed E-state index contributed by atoms with van der Waals surface area (Å²) in [5.41, 5.74) is 2.86. The highest BCUT2D eigenvalue weighted by atomic mass is 32.2. The number of thiazole rings is 1. The number of rotatable bonds is 5. The predicted molar refractivity (Wildman–Crippen MR) is 109 cm³/mol. The Balaban J connectivity index is 1.75. The molecule has 0 saturated carbocycles. The molecule has 1 aromatic heterocycles. The van der Waals surface area contributed by atoms with Gasteiger partial charge in [-0.05, 0) is 47.9 Å². The van der Waals surface area contributed by atoms with Crippen LogP contribution in [0.15, 0.2) is 47.4 Å². The fourth-order valence-electron chi connectivity index (χ4n) is 2.48. The van der Waals surface area contributed by atoms with E-state index in [-0.39, 0.29) is 5.91 Å². The largest absolute Gasteiger partial charge is 0.298 e. The summed E-state index contributed by atoms with van der Waals surface area (Å²) in [5, 5.41) is 4.08. The van der Waals surface area contributed by atoms with Crippen LogP contribution in [-0.2, 0) is 0 Å². The van der Waals surface area contributed by atoms with Gasteiger partial charge in [-0.2, -0.15) is 0 Å². The average molecular weight is 371 g/mol. The van der Waals surface area contributed by atoms with E-state index in [1.54, 1.807) is 11.8 Å². The lowest BCUT2D eigenvalue weighted by Gasteiger charge is -2.06. The van der Waals surface area contributed by atoms with Gasteiger partial charge in [0.15, 0.2) is 5.13 Å². The summed E-state index contributed by atoms with van der Waals surface area (Å²) in [6.45, 7) is 8.66. The molecule has 25 heavy (non-hydrogen) atoms. The van der Waals surface area contributed by atoms with Crippen LogP contribution < -0.4 is 5.32 Å². The van der Waals surface area contributed by atoms with Gasteiger partial charge >= 0.3 is 0 Å². The van der Waals surface area contributed by atoms with Crippen LogP contribution in [0.3, 0.4) is 0 Å². The molecule has 0 atom stereocenters. The summed E-state index contributed by atoms with van der Waals surface area (Å²) in [4.78, 5) is 18.1. The van der Waals surface area contributed by atoms with Gasteiger partial charge in [-0.1, -0.05) is 45.1 Å². The number of nitrogens with zero attached hydrogens (tertiary/aromatic N) is 1. The molecule has 0 spiro atoms. The van der Waals surface area contributed by atoms with Crippen molar-refractivity contribution in [3.05, 3.63) is 53.6 Å². The monoisotopic (exact) mass is 370 g/mol. The fraction of sp³-hybridized carbons (Fsp3) is 0.300. The molecule has 3 rings (SSSR count). The first-order valence-electron chi connectivity index (χ1n) is 8.41. The molecule has 0 unspecified atom stereocenters. The van der Waals surface area contributed by atoms with Gasteiger partial charge in [-0.15, -0.1) is 11.8 Å². The maximum Gasteiger partial charge on any atom is 0.257 e. The van der Waals surface area contributed by atoms with Crippen molar-refractivity contribution < 1.29 is 4.79 Å². The van der Waals surface area contributed by atoms with E-state index in [0.717, 1.165) is 10.2 Å². The molecule has 0 aliphatic carbocycles. The molecule has 0 aliphatic rings. The highest BCUT2D eigenvalue weighted by molar-refractivity contribution is 7.99. The Morgan fingerprint density at radius 1 is 1.08 bits per heavy atom. The summed E-state index contributed by atoms with van der Waals surface area (Å²) >= 11 is 3.30. The van der Waals surface area contributed by atoms with Gasteiger partial charge in [0.1, 0.15) is 0 Å². The van der Waals surface area contributed by atoms with Gasteiger partial charge in [0.05, 0.1) is 10.2 Å². The van der Waals surface area contributed by atoms with Gasteiger partial charge < -0.3 is 0 Å². The zero-order valence-electron chi connectivity index (χ0n) is 14.9. The Hall–Kier alpha value is -1.85. The smallest absolute Gasteiger partial charge is 0.257 e. The van der Waals surface area contributed by atoms with Crippen LogP contribution in [0.2, 0.25) is 0 Å². The number of carbonyl (C=O) groups excluding carboxylic acids is 1. The van der Waals surface area contributed by atoms with E-state index in [0.29, 0.717) is 21.9 Å². The lowest BCUT2D eigenvalue weighted by molar-refractivity contribution is 0.102. The highest BCUT2D eigenvalue weighted by Crippen LogP contribution is 2.29. The average Bonchev–Trinajstić information content (AvgIpc) is 2.96. The van der Waals surface area contributed by atoms with Gasteiger partial charge in [0.25, 0.3) is 5.91 Å². The lowest BCUT2D eigenvalue weighted by atomic mass is 10.0. The fourth-order valence-corrected chi connectivity index (χ4v) is 4.23. The number of fused-ring (bicyclic) bond motifs is 1. The SMILES string of the molecule is CC(C)Sc1ccc(C(=O)Nc2nc3ccc(C(C)C)cc3s2)cc1. The number of amides is 1. The molecule has 1 heterocycles. The van der Waals surface area contributed by atoms with Crippen LogP contribution in [0.4, 0.5) is 5.13 Å². The maximum atomic E-state index is 12.4. The van der Waals surface area contributed by atoms with Crippen molar-refractivity contribution in [3.63, 3.8) is 0 Å². The summed E-state index contributed by atoms with van der Waals surface area (Å²) in [7, 11) is 0. The number of anilines is 1. The van der Waals surface area contributed by atoms with E-state index in [1.165, 1.54) is 21.8 Å². The molecule has 0 saturated heterocycles. The maximum absolute atomic E-state index is 12.4. The van der Waals surface area contributed by atoms with E-state index in [2.05, 4.69) is 50.1 Å². The van der Waals surface area contributed by atoms with Crippen molar-refractivity contribution >= 4 is 44.4 Å². The molecule has 3 aromatic rings. The number of aromatic nitrogens is 1. The molecule has 1 amide bonds. The second kappa shape index (κ2) is 7.58. The van der Waals surface area contributed by atoms with Crippen molar-refractivity contribution in [1.29, 1.82) is 0 Å². The molecular formula is C20H22N2OS2. The first-order chi connectivity index (χ1) is 11.9. The Labute approximate surface area is 156 Å². The minimum absolute atomic E-state index is 0.121. The molecule has 3 nitrogen and oxygen atoms in total. The third-order valence-corrected chi connectivity index (χ3v) is 5.74. The van der Waals surface area contributed by atoms with E-state index in [9.17, 15) is 4.79 Å². The number of hydrogen-bond acceptors (Lipinski definition) is 4. The van der Waals surface area contributed by atoms with Crippen LogP contribution in [0.25, 0.3) is 10.2 Å². The number of nitrogens with one attached hydrogen (secondary N) is 1. The Kier molecular flexibility index (Phi) is 5.45. The summed E-state index contributed by atoms with van der Waals surface area (Å²) in [6.07, 6.45) is 0. The van der Waals surface area contributed by atoms with Gasteiger partial charge in [-0.25, -0.2) is 4.98 Å². The predicted octanol–water partition coefficient (Wildman–Crippen LogP) is 6.17. The third kappa shape index (κ3) is 4.41. The minimum atomic E-state index is -0.121. The zero-order chi connectivity index (χ0) is 18.0. The van der Waals surface area contributed by atoms with Gasteiger partial charge in [-0.3, -0.25) is 10.1 Å². The lowest BCUT2D eigenvalue weighted by Crippen LogP contribution is -2.11. The molecule has 2 aromatic carbocycles. The molecule has 1 N–H and O–H groups in total. The standard InChI is InChI=1S/C20H22N2OS2/c1-12(2)15-7-10-17-18(11-15)25-20(21-17)22-19(23)14-5-8-16(9-6-14)24-13(3)4/h5-13H,1-4H3,(H,21,22,23). The number of hydrogen-bond donors (Lipinski definition) is 1. The second-order valence-corrected chi connectivity index (χ2v) is 9.23. The number of thioether (sulfide) groups is 1. The quantitative estimate of drug-likeness (QED) is 0.546. The third-order valence-electron chi connectivity index (χ3n) is 3.79. The van der Waals surface area contributed by atoms with Crippen LogP contribution in [0.5, 0.6) is 0 Å². The van der Waals surface area contributed by atoms with E-state index >= 15 is 0 Å². The van der Waals surface area contributed by atoms with Crippen LogP contribution in [-0.4, -0.2) is 16.1 Å². The molecule has 0 aliphatic heterocycles. The van der Waals surface area contributed by atoms with Crippen LogP contribution in [0.1, 0.15) is 49.5 Å². The molecule has 130 valence electrons.